The van der Waals surface area contributed by atoms with Gasteiger partial charge in [0.05, 0.1) is 35.8 Å². The molecule has 1 atom stereocenters. The average molecular weight is 570 g/mol. The second-order valence-electron chi connectivity index (χ2n) is 7.14. The Balaban J connectivity index is 2.19. The number of carbonyl (C=O) groups is 1. The smallest absolute Gasteiger partial charge is 0.341 e. The number of nitro groups is 1. The lowest BCUT2D eigenvalue weighted by molar-refractivity contribution is -0.384. The first-order valence-electron chi connectivity index (χ1n) is 10.2. The molecule has 37 heavy (non-hydrogen) atoms. The minimum absolute atomic E-state index is 0.119. The Morgan fingerprint density at radius 2 is 1.62 bits per heavy atom. The van der Waals surface area contributed by atoms with Crippen molar-refractivity contribution in [2.75, 3.05) is 28.4 Å². The summed E-state index contributed by atoms with van der Waals surface area (Å²) in [6.07, 6.45) is 0. The fraction of sp³-hybridized carbons (Fsp3) is 0.227. The maximum absolute atomic E-state index is 13.6. The van der Waals surface area contributed by atoms with Crippen LogP contribution in [0, 0.1) is 10.1 Å². The Hall–Kier alpha value is -3.22. The second kappa shape index (κ2) is 11.9. The molecule has 0 saturated carbocycles. The van der Waals surface area contributed by atoms with Crippen LogP contribution in [0.3, 0.4) is 0 Å². The normalized spacial score (nSPS) is 12.1. The molecule has 0 amide bonds. The predicted octanol–water partition coefficient (Wildman–Crippen LogP) is 5.48. The number of non-ortho nitro benzene ring substituents is 1. The lowest BCUT2D eigenvalue weighted by Gasteiger charge is -2.26. The summed E-state index contributed by atoms with van der Waals surface area (Å²) in [6.45, 7) is 0. The third-order valence-electron chi connectivity index (χ3n) is 5.17. The van der Waals surface area contributed by atoms with Crippen LogP contribution in [0.4, 0.5) is 5.69 Å². The van der Waals surface area contributed by atoms with Gasteiger partial charge >= 0.3 is 13.6 Å². The number of halogens is 1. The first kappa shape index (κ1) is 28.4. The van der Waals surface area contributed by atoms with E-state index < -0.39 is 24.1 Å². The summed E-state index contributed by atoms with van der Waals surface area (Å²) >= 11 is 7.52. The number of methoxy groups -OCH3 is 2. The molecule has 0 saturated heterocycles. The zero-order valence-electron chi connectivity index (χ0n) is 19.9. The number of carboxylic acids is 1. The van der Waals surface area contributed by atoms with E-state index in [2.05, 4.69) is 9.97 Å². The lowest BCUT2D eigenvalue weighted by atomic mass is 10.0. The fourth-order valence-electron chi connectivity index (χ4n) is 3.40. The van der Waals surface area contributed by atoms with E-state index in [0.29, 0.717) is 5.56 Å². The number of hydrogen-bond acceptors (Lipinski definition) is 11. The first-order valence-corrected chi connectivity index (χ1v) is 13.0. The Bertz CT molecular complexity index is 1340. The van der Waals surface area contributed by atoms with Crippen molar-refractivity contribution in [3.05, 3.63) is 74.3 Å². The van der Waals surface area contributed by atoms with Gasteiger partial charge in [0, 0.05) is 31.2 Å². The zero-order chi connectivity index (χ0) is 27.3. The Morgan fingerprint density at radius 3 is 2.08 bits per heavy atom. The molecule has 15 heteroatoms. The molecule has 0 aliphatic heterocycles. The molecule has 1 aromatic heterocycles. The minimum Gasteiger partial charge on any atom is -0.481 e. The number of nitro benzene ring substituents is 1. The topological polar surface area (TPSA) is 160 Å². The van der Waals surface area contributed by atoms with Gasteiger partial charge in [-0.05, 0) is 29.0 Å². The van der Waals surface area contributed by atoms with E-state index in [9.17, 15) is 24.6 Å². The van der Waals surface area contributed by atoms with Gasteiger partial charge in [-0.1, -0.05) is 29.8 Å². The molecule has 2 aromatic carbocycles. The van der Waals surface area contributed by atoms with Crippen molar-refractivity contribution in [3.63, 3.8) is 0 Å². The maximum atomic E-state index is 13.6. The highest BCUT2D eigenvalue weighted by atomic mass is 35.5. The van der Waals surface area contributed by atoms with Gasteiger partial charge in [0.15, 0.2) is 5.16 Å². The van der Waals surface area contributed by atoms with E-state index in [4.69, 9.17) is 30.1 Å². The number of benzene rings is 2. The molecular formula is C22H21ClN3O9PS. The van der Waals surface area contributed by atoms with Gasteiger partial charge in [-0.15, -0.1) is 0 Å². The quantitative estimate of drug-likeness (QED) is 0.134. The SMILES string of the molecule is COc1cc(OC)nc(Sc2ccc(C(c3ccc([N+](=O)[O-])cc3)P(=O)(OC)OC)c(Cl)c2C(=O)O)n1. The molecule has 196 valence electrons. The molecule has 0 spiro atoms. The molecule has 12 nitrogen and oxygen atoms in total. The molecule has 0 aliphatic carbocycles. The van der Waals surface area contributed by atoms with Gasteiger partial charge in [0.2, 0.25) is 11.8 Å². The number of aromatic carboxylic acids is 1. The lowest BCUT2D eigenvalue weighted by Crippen LogP contribution is -2.10. The van der Waals surface area contributed by atoms with Crippen molar-refractivity contribution >= 4 is 42.6 Å². The molecular weight excluding hydrogens is 549 g/mol. The molecule has 1 N–H and O–H groups in total. The van der Waals surface area contributed by atoms with Crippen molar-refractivity contribution in [3.8, 4) is 11.8 Å². The molecule has 0 radical (unpaired) electrons. The average Bonchev–Trinajstić information content (AvgIpc) is 2.89. The Labute approximate surface area is 220 Å². The van der Waals surface area contributed by atoms with Crippen molar-refractivity contribution in [1.82, 2.24) is 9.97 Å². The molecule has 3 rings (SSSR count). The molecule has 0 fully saturated rings. The second-order valence-corrected chi connectivity index (χ2v) is 10.9. The van der Waals surface area contributed by atoms with Crippen LogP contribution in [-0.4, -0.2) is 54.4 Å². The molecule has 1 heterocycles. The summed E-state index contributed by atoms with van der Waals surface area (Å²) in [4.78, 5) is 31.4. The summed E-state index contributed by atoms with van der Waals surface area (Å²) in [6, 6.07) is 9.60. The highest BCUT2D eigenvalue weighted by Crippen LogP contribution is 2.64. The standard InChI is InChI=1S/C22H21ClN3O9PS/c1-32-16-11-17(33-2)25-22(24-16)37-15-10-9-14(19(23)18(15)21(27)28)20(36(31,34-3)35-4)12-5-7-13(8-6-12)26(29)30/h5-11,20H,1-4H3,(H,27,28). The van der Waals surface area contributed by atoms with E-state index in [1.165, 1.54) is 70.9 Å². The van der Waals surface area contributed by atoms with Crippen LogP contribution in [0.5, 0.6) is 11.8 Å². The number of ether oxygens (including phenoxy) is 2. The van der Waals surface area contributed by atoms with Crippen LogP contribution in [0.25, 0.3) is 0 Å². The van der Waals surface area contributed by atoms with Crippen LogP contribution in [0.1, 0.15) is 27.1 Å². The van der Waals surface area contributed by atoms with Gasteiger partial charge in [-0.3, -0.25) is 14.7 Å². The molecule has 0 bridgehead atoms. The number of rotatable bonds is 11. The number of aromatic nitrogens is 2. The summed E-state index contributed by atoms with van der Waals surface area (Å²) in [7, 11) is 1.20. The largest absolute Gasteiger partial charge is 0.481 e. The van der Waals surface area contributed by atoms with E-state index in [1.54, 1.807) is 0 Å². The van der Waals surface area contributed by atoms with E-state index >= 15 is 0 Å². The first-order chi connectivity index (χ1) is 17.6. The third-order valence-corrected chi connectivity index (χ3v) is 8.72. The molecule has 1 unspecified atom stereocenters. The van der Waals surface area contributed by atoms with Crippen molar-refractivity contribution in [2.24, 2.45) is 0 Å². The van der Waals surface area contributed by atoms with Crippen molar-refractivity contribution < 1.29 is 37.9 Å². The van der Waals surface area contributed by atoms with Gasteiger partial charge < -0.3 is 23.6 Å². The summed E-state index contributed by atoms with van der Waals surface area (Å²) < 4.78 is 34.3. The van der Waals surface area contributed by atoms with Crippen LogP contribution in [0.2, 0.25) is 5.02 Å². The van der Waals surface area contributed by atoms with Crippen LogP contribution in [-0.2, 0) is 13.6 Å². The maximum Gasteiger partial charge on any atom is 0.341 e. The Kier molecular flexibility index (Phi) is 9.11. The Morgan fingerprint density at radius 1 is 1.05 bits per heavy atom. The van der Waals surface area contributed by atoms with E-state index in [-0.39, 0.29) is 43.6 Å². The predicted molar refractivity (Wildman–Crippen MR) is 134 cm³/mol. The highest BCUT2D eigenvalue weighted by Gasteiger charge is 2.39. The van der Waals surface area contributed by atoms with Gasteiger partial charge in [-0.25, -0.2) is 4.79 Å². The monoisotopic (exact) mass is 569 g/mol. The van der Waals surface area contributed by atoms with Crippen molar-refractivity contribution in [2.45, 2.75) is 15.7 Å². The van der Waals surface area contributed by atoms with Crippen LogP contribution in [0.15, 0.2) is 52.5 Å². The van der Waals surface area contributed by atoms with Gasteiger partial charge in [-0.2, -0.15) is 9.97 Å². The zero-order valence-corrected chi connectivity index (χ0v) is 22.4. The van der Waals surface area contributed by atoms with Gasteiger partial charge in [0.25, 0.3) is 5.69 Å². The van der Waals surface area contributed by atoms with Crippen LogP contribution >= 0.6 is 31.0 Å². The summed E-state index contributed by atoms with van der Waals surface area (Å²) in [5.74, 6) is -0.960. The molecule has 0 aliphatic rings. The molecule has 3 aromatic rings. The van der Waals surface area contributed by atoms with E-state index in [0.717, 1.165) is 11.8 Å². The van der Waals surface area contributed by atoms with Crippen molar-refractivity contribution in [1.29, 1.82) is 0 Å². The summed E-state index contributed by atoms with van der Waals surface area (Å²) in [5, 5.41) is 21.0. The van der Waals surface area contributed by atoms with Crippen LogP contribution < -0.4 is 9.47 Å². The fourth-order valence-corrected chi connectivity index (χ4v) is 6.45. The highest BCUT2D eigenvalue weighted by molar-refractivity contribution is 7.99. The number of hydrogen-bond donors (Lipinski definition) is 1. The minimum atomic E-state index is -3.97. The number of nitrogens with zero attached hydrogens (tertiary/aromatic N) is 3. The van der Waals surface area contributed by atoms with E-state index in [1.807, 2.05) is 0 Å². The summed E-state index contributed by atoms with van der Waals surface area (Å²) in [5.41, 5.74) is -1.27. The van der Waals surface area contributed by atoms with Gasteiger partial charge in [0.1, 0.15) is 5.66 Å². The number of carboxylic acid groups (broad SMARTS) is 1. The third kappa shape index (κ3) is 6.03.